The molecule has 0 unspecified atom stereocenters. The SMILES string of the molecule is O=C(ON1C(=O)c2ccccc2C1=O)c1cccc(S(=O)(=O)NCc2cccnc2)c1. The molecule has 2 heterocycles. The summed E-state index contributed by atoms with van der Waals surface area (Å²) in [5.74, 6) is -2.58. The normalized spacial score (nSPS) is 13.2. The molecule has 1 aliphatic heterocycles. The Labute approximate surface area is 177 Å². The van der Waals surface area contributed by atoms with Gasteiger partial charge in [0.25, 0.3) is 11.8 Å². The number of rotatable bonds is 6. The zero-order valence-corrected chi connectivity index (χ0v) is 16.7. The molecule has 9 nitrogen and oxygen atoms in total. The number of aromatic nitrogens is 1. The number of hydroxylamine groups is 2. The number of hydrogen-bond acceptors (Lipinski definition) is 7. The Morgan fingerprint density at radius 3 is 2.32 bits per heavy atom. The molecule has 0 radical (unpaired) electrons. The summed E-state index contributed by atoms with van der Waals surface area (Å²) in [7, 11) is -3.94. The Kier molecular flexibility index (Phi) is 5.32. The van der Waals surface area contributed by atoms with Crippen molar-refractivity contribution in [1.29, 1.82) is 0 Å². The number of nitrogens with one attached hydrogen (secondary N) is 1. The molecule has 0 saturated carbocycles. The van der Waals surface area contributed by atoms with Gasteiger partial charge in [0.15, 0.2) is 0 Å². The number of imide groups is 1. The van der Waals surface area contributed by atoms with Crippen LogP contribution in [0.1, 0.15) is 36.6 Å². The van der Waals surface area contributed by atoms with Crippen LogP contribution in [0.15, 0.2) is 78.0 Å². The predicted molar refractivity (Wildman–Crippen MR) is 107 cm³/mol. The van der Waals surface area contributed by atoms with Crippen LogP contribution in [0.4, 0.5) is 0 Å². The highest BCUT2D eigenvalue weighted by molar-refractivity contribution is 7.89. The van der Waals surface area contributed by atoms with Crippen molar-refractivity contribution >= 4 is 27.8 Å². The second-order valence-corrected chi connectivity index (χ2v) is 8.31. The van der Waals surface area contributed by atoms with Crippen molar-refractivity contribution in [3.63, 3.8) is 0 Å². The molecule has 1 aromatic heterocycles. The molecule has 0 fully saturated rings. The molecule has 0 atom stereocenters. The molecule has 1 aliphatic rings. The van der Waals surface area contributed by atoms with E-state index >= 15 is 0 Å². The summed E-state index contributed by atoms with van der Waals surface area (Å²) < 4.78 is 27.6. The lowest BCUT2D eigenvalue weighted by Crippen LogP contribution is -2.32. The quantitative estimate of drug-likeness (QED) is 0.585. The molecule has 1 N–H and O–H groups in total. The summed E-state index contributed by atoms with van der Waals surface area (Å²) in [4.78, 5) is 45.9. The Hall–Kier alpha value is -3.89. The fourth-order valence-electron chi connectivity index (χ4n) is 2.94. The van der Waals surface area contributed by atoms with Crippen LogP contribution in [0.2, 0.25) is 0 Å². The smallest absolute Gasteiger partial charge is 0.324 e. The monoisotopic (exact) mass is 437 g/mol. The van der Waals surface area contributed by atoms with Crippen LogP contribution in [0.25, 0.3) is 0 Å². The molecule has 156 valence electrons. The van der Waals surface area contributed by atoms with Crippen molar-refractivity contribution in [3.8, 4) is 0 Å². The van der Waals surface area contributed by atoms with E-state index in [1.807, 2.05) is 0 Å². The molecule has 4 rings (SSSR count). The molecular formula is C21H15N3O6S. The Bertz CT molecular complexity index is 1260. The number of nitrogens with zero attached hydrogens (tertiary/aromatic N) is 2. The van der Waals surface area contributed by atoms with Crippen molar-refractivity contribution < 1.29 is 27.6 Å². The lowest BCUT2D eigenvalue weighted by atomic mass is 10.1. The van der Waals surface area contributed by atoms with Gasteiger partial charge in [-0.15, -0.1) is 0 Å². The van der Waals surface area contributed by atoms with Crippen LogP contribution in [0.3, 0.4) is 0 Å². The first-order chi connectivity index (χ1) is 14.9. The number of pyridine rings is 1. The maximum absolute atomic E-state index is 12.6. The van der Waals surface area contributed by atoms with Crippen molar-refractivity contribution in [1.82, 2.24) is 14.8 Å². The van der Waals surface area contributed by atoms with Gasteiger partial charge in [-0.05, 0) is 42.0 Å². The van der Waals surface area contributed by atoms with Crippen molar-refractivity contribution in [2.75, 3.05) is 0 Å². The second-order valence-electron chi connectivity index (χ2n) is 6.54. The fourth-order valence-corrected chi connectivity index (χ4v) is 4.00. The molecule has 0 aliphatic carbocycles. The Morgan fingerprint density at radius 2 is 1.68 bits per heavy atom. The third-order valence-corrected chi connectivity index (χ3v) is 5.90. The van der Waals surface area contributed by atoms with Gasteiger partial charge in [-0.2, -0.15) is 0 Å². The molecule has 0 spiro atoms. The third kappa shape index (κ3) is 4.06. The maximum atomic E-state index is 12.6. The van der Waals surface area contributed by atoms with E-state index in [2.05, 4.69) is 9.71 Å². The number of amides is 2. The summed E-state index contributed by atoms with van der Waals surface area (Å²) in [5.41, 5.74) is 0.764. The molecule has 2 aromatic carbocycles. The number of benzene rings is 2. The van der Waals surface area contributed by atoms with Crippen molar-refractivity contribution in [2.24, 2.45) is 0 Å². The minimum atomic E-state index is -3.94. The second kappa shape index (κ2) is 8.09. The molecule has 0 saturated heterocycles. The first kappa shape index (κ1) is 20.4. The van der Waals surface area contributed by atoms with Crippen molar-refractivity contribution in [3.05, 3.63) is 95.3 Å². The van der Waals surface area contributed by atoms with Gasteiger partial charge in [0.1, 0.15) is 0 Å². The van der Waals surface area contributed by atoms with Gasteiger partial charge in [0, 0.05) is 18.9 Å². The van der Waals surface area contributed by atoms with Crippen LogP contribution in [-0.2, 0) is 21.4 Å². The number of carbonyl (C=O) groups excluding carboxylic acids is 3. The molecule has 31 heavy (non-hydrogen) atoms. The molecule has 0 bridgehead atoms. The topological polar surface area (TPSA) is 123 Å². The van der Waals surface area contributed by atoms with Gasteiger partial charge >= 0.3 is 5.97 Å². The third-order valence-electron chi connectivity index (χ3n) is 4.50. The van der Waals surface area contributed by atoms with Crippen LogP contribution in [-0.4, -0.2) is 36.2 Å². The van der Waals surface area contributed by atoms with Crippen LogP contribution < -0.4 is 4.72 Å². The zero-order valence-electron chi connectivity index (χ0n) is 15.9. The van der Waals surface area contributed by atoms with Crippen molar-refractivity contribution in [2.45, 2.75) is 11.4 Å². The van der Waals surface area contributed by atoms with E-state index in [1.165, 1.54) is 36.5 Å². The first-order valence-corrected chi connectivity index (χ1v) is 10.5. The van der Waals surface area contributed by atoms with Gasteiger partial charge in [0.2, 0.25) is 10.0 Å². The van der Waals surface area contributed by atoms with E-state index in [0.717, 1.165) is 6.07 Å². The summed E-state index contributed by atoms with van der Waals surface area (Å²) in [5, 5.41) is 0.370. The highest BCUT2D eigenvalue weighted by atomic mass is 32.2. The molecule has 2 amide bonds. The lowest BCUT2D eigenvalue weighted by molar-refractivity contribution is -0.0584. The highest BCUT2D eigenvalue weighted by Gasteiger charge is 2.38. The predicted octanol–water partition coefficient (Wildman–Crippen LogP) is 1.93. The van der Waals surface area contributed by atoms with Crippen LogP contribution in [0.5, 0.6) is 0 Å². The largest absolute Gasteiger partial charge is 0.363 e. The van der Waals surface area contributed by atoms with E-state index in [0.29, 0.717) is 10.6 Å². The number of sulfonamides is 1. The standard InChI is InChI=1S/C21H15N3O6S/c25-19-17-8-1-2-9-18(17)20(26)24(19)30-21(27)15-6-3-7-16(11-15)31(28,29)23-13-14-5-4-10-22-12-14/h1-12,23H,13H2. The molecular weight excluding hydrogens is 422 g/mol. The van der Waals surface area contributed by atoms with Gasteiger partial charge < -0.3 is 4.84 Å². The Balaban J connectivity index is 1.50. The van der Waals surface area contributed by atoms with E-state index in [-0.39, 0.29) is 28.1 Å². The van der Waals surface area contributed by atoms with Gasteiger partial charge in [-0.1, -0.05) is 29.3 Å². The van der Waals surface area contributed by atoms with E-state index in [9.17, 15) is 22.8 Å². The van der Waals surface area contributed by atoms with E-state index in [1.54, 1.807) is 30.5 Å². The van der Waals surface area contributed by atoms with E-state index in [4.69, 9.17) is 4.84 Å². The van der Waals surface area contributed by atoms with Crippen LogP contribution in [0, 0.1) is 0 Å². The lowest BCUT2D eigenvalue weighted by Gasteiger charge is -2.13. The van der Waals surface area contributed by atoms with Gasteiger partial charge in [-0.25, -0.2) is 17.9 Å². The van der Waals surface area contributed by atoms with Crippen LogP contribution >= 0.6 is 0 Å². The average Bonchev–Trinajstić information content (AvgIpc) is 3.03. The maximum Gasteiger partial charge on any atom is 0.363 e. The highest BCUT2D eigenvalue weighted by Crippen LogP contribution is 2.23. The summed E-state index contributed by atoms with van der Waals surface area (Å²) in [6.45, 7) is 0.0138. The average molecular weight is 437 g/mol. The Morgan fingerprint density at radius 1 is 0.968 bits per heavy atom. The first-order valence-electron chi connectivity index (χ1n) is 9.05. The van der Waals surface area contributed by atoms with Gasteiger partial charge in [-0.3, -0.25) is 14.6 Å². The summed E-state index contributed by atoms with van der Waals surface area (Å²) >= 11 is 0. The van der Waals surface area contributed by atoms with Gasteiger partial charge in [0.05, 0.1) is 21.6 Å². The molecule has 10 heteroatoms. The number of carbonyl (C=O) groups is 3. The fraction of sp³-hybridized carbons (Fsp3) is 0.0476. The minimum absolute atomic E-state index is 0.0138. The number of fused-ring (bicyclic) bond motifs is 1. The summed E-state index contributed by atoms with van der Waals surface area (Å²) in [6.07, 6.45) is 3.10. The summed E-state index contributed by atoms with van der Waals surface area (Å²) in [6, 6.07) is 14.6. The van der Waals surface area contributed by atoms with E-state index < -0.39 is 27.8 Å². The minimum Gasteiger partial charge on any atom is -0.324 e. The molecule has 3 aromatic rings. The zero-order chi connectivity index (χ0) is 22.0. The number of hydrogen-bond donors (Lipinski definition) is 1.